The van der Waals surface area contributed by atoms with Gasteiger partial charge in [-0.1, -0.05) is 13.8 Å². The van der Waals surface area contributed by atoms with Crippen LogP contribution in [0.5, 0.6) is 0 Å². The van der Waals surface area contributed by atoms with Crippen molar-refractivity contribution in [2.45, 2.75) is 27.2 Å². The number of amides is 1. The molecule has 1 aliphatic rings. The predicted octanol–water partition coefficient (Wildman–Crippen LogP) is 2.52. The second-order valence-corrected chi connectivity index (χ2v) is 5.09. The van der Waals surface area contributed by atoms with Crippen molar-refractivity contribution in [3.8, 4) is 0 Å². The lowest BCUT2D eigenvalue weighted by Crippen LogP contribution is -2.43. The number of hydrogen-bond donors (Lipinski definition) is 2. The number of aryl methyl sites for hydroxylation is 1. The van der Waals surface area contributed by atoms with Crippen LogP contribution in [-0.4, -0.2) is 45.3 Å². The monoisotopic (exact) mass is 309 g/mol. The van der Waals surface area contributed by atoms with Gasteiger partial charge in [0.25, 0.3) is 5.91 Å². The second-order valence-electron chi connectivity index (χ2n) is 5.09. The van der Waals surface area contributed by atoms with Gasteiger partial charge in [0, 0.05) is 44.0 Å². The van der Waals surface area contributed by atoms with Gasteiger partial charge in [0.05, 0.1) is 6.67 Å². The Labute approximate surface area is 133 Å². The molecule has 1 heterocycles. The van der Waals surface area contributed by atoms with Crippen LogP contribution in [-0.2, 0) is 0 Å². The normalized spacial score (nSPS) is 14.1. The van der Waals surface area contributed by atoms with E-state index in [-0.39, 0.29) is 5.91 Å². The smallest absolute Gasteiger partial charge is 0.251 e. The van der Waals surface area contributed by atoms with E-state index < -0.39 is 6.67 Å². The molecule has 124 valence electrons. The molecule has 5 heteroatoms. The average Bonchev–Trinajstić information content (AvgIpc) is 2.57. The molecule has 1 fully saturated rings. The molecule has 0 radical (unpaired) electrons. The Hall–Kier alpha value is -1.62. The lowest BCUT2D eigenvalue weighted by molar-refractivity contribution is 0.0952. The first-order valence-corrected chi connectivity index (χ1v) is 8.12. The van der Waals surface area contributed by atoms with Crippen molar-refractivity contribution in [3.05, 3.63) is 29.3 Å². The lowest BCUT2D eigenvalue weighted by atomic mass is 10.1. The molecule has 2 N–H and O–H groups in total. The maximum Gasteiger partial charge on any atom is 0.251 e. The summed E-state index contributed by atoms with van der Waals surface area (Å²) in [5.41, 5.74) is 2.80. The van der Waals surface area contributed by atoms with Gasteiger partial charge in [-0.25, -0.2) is 0 Å². The van der Waals surface area contributed by atoms with E-state index in [2.05, 4.69) is 21.6 Å². The number of nitrogens with one attached hydrogen (secondary N) is 2. The van der Waals surface area contributed by atoms with E-state index in [1.54, 1.807) is 0 Å². The number of alkyl halides is 1. The van der Waals surface area contributed by atoms with Crippen molar-refractivity contribution >= 4 is 11.6 Å². The van der Waals surface area contributed by atoms with Crippen LogP contribution in [0.1, 0.15) is 36.2 Å². The molecule has 2 rings (SSSR count). The third kappa shape index (κ3) is 5.64. The molecule has 1 saturated heterocycles. The number of anilines is 1. The van der Waals surface area contributed by atoms with E-state index >= 15 is 0 Å². The van der Waals surface area contributed by atoms with Crippen molar-refractivity contribution < 1.29 is 9.18 Å². The molecule has 1 aromatic rings. The molecule has 0 unspecified atom stereocenters. The molecule has 0 aliphatic carbocycles. The van der Waals surface area contributed by atoms with Gasteiger partial charge >= 0.3 is 0 Å². The van der Waals surface area contributed by atoms with Crippen molar-refractivity contribution in [1.82, 2.24) is 10.6 Å². The van der Waals surface area contributed by atoms with Crippen LogP contribution in [0.25, 0.3) is 0 Å². The minimum Gasteiger partial charge on any atom is -0.369 e. The van der Waals surface area contributed by atoms with Gasteiger partial charge in [0.15, 0.2) is 0 Å². The van der Waals surface area contributed by atoms with Gasteiger partial charge in [-0.2, -0.15) is 0 Å². The third-order valence-corrected chi connectivity index (χ3v) is 3.40. The molecule has 1 aliphatic heterocycles. The van der Waals surface area contributed by atoms with Crippen LogP contribution in [0.3, 0.4) is 0 Å². The average molecular weight is 309 g/mol. The number of nitrogens with zero attached hydrogens (tertiary/aromatic N) is 1. The summed E-state index contributed by atoms with van der Waals surface area (Å²) in [7, 11) is 0. The van der Waals surface area contributed by atoms with E-state index in [1.165, 1.54) is 0 Å². The first-order valence-electron chi connectivity index (χ1n) is 8.12. The standard InChI is InChI=1S/C15H22FN3O.C2H6/c1-12-9-13(15(20)18-4-2-3-16)11-14(10-12)19-7-5-17-6-8-19;1-2/h9-11,17H,2-8H2,1H3,(H,18,20);1-2H3. The zero-order valence-electron chi connectivity index (χ0n) is 13.9. The van der Waals surface area contributed by atoms with E-state index in [0.29, 0.717) is 18.5 Å². The second kappa shape index (κ2) is 10.2. The first kappa shape index (κ1) is 18.4. The van der Waals surface area contributed by atoms with Crippen LogP contribution in [0.2, 0.25) is 0 Å². The van der Waals surface area contributed by atoms with Crippen LogP contribution < -0.4 is 15.5 Å². The Morgan fingerprint density at radius 2 is 1.95 bits per heavy atom. The minimum absolute atomic E-state index is 0.126. The molecular weight excluding hydrogens is 281 g/mol. The summed E-state index contributed by atoms with van der Waals surface area (Å²) < 4.78 is 12.1. The Morgan fingerprint density at radius 1 is 1.27 bits per heavy atom. The zero-order valence-corrected chi connectivity index (χ0v) is 13.9. The largest absolute Gasteiger partial charge is 0.369 e. The predicted molar refractivity (Wildman–Crippen MR) is 90.5 cm³/mol. The molecular formula is C17H28FN3O. The fraction of sp³-hybridized carbons (Fsp3) is 0.588. The topological polar surface area (TPSA) is 44.4 Å². The van der Waals surface area contributed by atoms with Gasteiger partial charge in [0.2, 0.25) is 0 Å². The molecule has 0 atom stereocenters. The summed E-state index contributed by atoms with van der Waals surface area (Å²) >= 11 is 0. The molecule has 0 spiro atoms. The van der Waals surface area contributed by atoms with Crippen LogP contribution >= 0.6 is 0 Å². The molecule has 0 saturated carbocycles. The minimum atomic E-state index is -0.403. The zero-order chi connectivity index (χ0) is 16.4. The SMILES string of the molecule is CC.Cc1cc(C(=O)NCCCF)cc(N2CCNCC2)c1. The third-order valence-electron chi connectivity index (χ3n) is 3.40. The summed E-state index contributed by atoms with van der Waals surface area (Å²) in [6.45, 7) is 9.80. The van der Waals surface area contributed by atoms with Crippen LogP contribution in [0.4, 0.5) is 10.1 Å². The highest BCUT2D eigenvalue weighted by molar-refractivity contribution is 5.95. The number of halogens is 1. The molecule has 1 amide bonds. The Kier molecular flexibility index (Phi) is 8.51. The van der Waals surface area contributed by atoms with Crippen molar-refractivity contribution in [2.75, 3.05) is 44.3 Å². The summed E-state index contributed by atoms with van der Waals surface area (Å²) in [5, 5.41) is 6.06. The summed E-state index contributed by atoms with van der Waals surface area (Å²) in [6, 6.07) is 5.89. The molecule has 0 bridgehead atoms. The van der Waals surface area contributed by atoms with E-state index in [0.717, 1.165) is 37.4 Å². The van der Waals surface area contributed by atoms with E-state index in [9.17, 15) is 9.18 Å². The van der Waals surface area contributed by atoms with E-state index in [4.69, 9.17) is 0 Å². The van der Waals surface area contributed by atoms with Crippen LogP contribution in [0, 0.1) is 6.92 Å². The van der Waals surface area contributed by atoms with Crippen molar-refractivity contribution in [1.29, 1.82) is 0 Å². The summed E-state index contributed by atoms with van der Waals surface area (Å²) in [5.74, 6) is -0.126. The first-order chi connectivity index (χ1) is 10.7. The van der Waals surface area contributed by atoms with Crippen molar-refractivity contribution in [2.24, 2.45) is 0 Å². The Balaban J connectivity index is 0.00000116. The van der Waals surface area contributed by atoms with Crippen LogP contribution in [0.15, 0.2) is 18.2 Å². The fourth-order valence-electron chi connectivity index (χ4n) is 2.37. The number of piperazine rings is 1. The van der Waals surface area contributed by atoms with Gasteiger partial charge in [-0.05, 0) is 37.1 Å². The highest BCUT2D eigenvalue weighted by Crippen LogP contribution is 2.19. The number of carbonyl (C=O) groups is 1. The van der Waals surface area contributed by atoms with Gasteiger partial charge < -0.3 is 15.5 Å². The summed E-state index contributed by atoms with van der Waals surface area (Å²) in [6.07, 6.45) is 0.363. The highest BCUT2D eigenvalue weighted by atomic mass is 19.1. The lowest BCUT2D eigenvalue weighted by Gasteiger charge is -2.30. The van der Waals surface area contributed by atoms with E-state index in [1.807, 2.05) is 32.9 Å². The molecule has 22 heavy (non-hydrogen) atoms. The Bertz CT molecular complexity index is 459. The quantitative estimate of drug-likeness (QED) is 0.822. The Morgan fingerprint density at radius 3 is 2.59 bits per heavy atom. The van der Waals surface area contributed by atoms with Crippen molar-refractivity contribution in [3.63, 3.8) is 0 Å². The summed E-state index contributed by atoms with van der Waals surface area (Å²) in [4.78, 5) is 14.3. The molecule has 0 aromatic heterocycles. The molecule has 4 nitrogen and oxygen atoms in total. The van der Waals surface area contributed by atoms with Gasteiger partial charge in [-0.15, -0.1) is 0 Å². The van der Waals surface area contributed by atoms with Gasteiger partial charge in [-0.3, -0.25) is 9.18 Å². The highest BCUT2D eigenvalue weighted by Gasteiger charge is 2.13. The number of rotatable bonds is 5. The van der Waals surface area contributed by atoms with Gasteiger partial charge in [0.1, 0.15) is 0 Å². The number of carbonyl (C=O) groups excluding carboxylic acids is 1. The maximum absolute atomic E-state index is 12.1. The molecule has 1 aromatic carbocycles. The maximum atomic E-state index is 12.1. The number of hydrogen-bond acceptors (Lipinski definition) is 3. The fourth-order valence-corrected chi connectivity index (χ4v) is 2.37. The number of benzene rings is 1.